The number of carbonyl (C=O) groups is 1. The van der Waals surface area contributed by atoms with Gasteiger partial charge in [0.25, 0.3) is 0 Å². The first-order valence-electron chi connectivity index (χ1n) is 7.90. The molecule has 2 atom stereocenters. The lowest BCUT2D eigenvalue weighted by atomic mass is 9.89. The lowest BCUT2D eigenvalue weighted by Gasteiger charge is -2.32. The number of nitrogens with one attached hydrogen (secondary N) is 1. The smallest absolute Gasteiger partial charge is 0.227 e. The van der Waals surface area contributed by atoms with Crippen LogP contribution < -0.4 is 5.32 Å². The Morgan fingerprint density at radius 1 is 1.41 bits per heavy atom. The van der Waals surface area contributed by atoms with Gasteiger partial charge in [-0.1, -0.05) is 13.8 Å². The first kappa shape index (κ1) is 19.0. The fourth-order valence-corrected chi connectivity index (χ4v) is 3.08. The van der Waals surface area contributed by atoms with E-state index in [4.69, 9.17) is 0 Å². The number of aromatic nitrogens is 2. The molecule has 0 radical (unpaired) electrons. The first-order chi connectivity index (χ1) is 9.90. The van der Waals surface area contributed by atoms with E-state index in [1.54, 1.807) is 0 Å². The first-order valence-corrected chi connectivity index (χ1v) is 7.90. The highest BCUT2D eigenvalue weighted by Crippen LogP contribution is 2.30. The minimum absolute atomic E-state index is 0. The van der Waals surface area contributed by atoms with E-state index in [2.05, 4.69) is 38.1 Å². The standard InChI is InChI=1S/C16H28N4O.ClH/c1-11(2)9-20(12(3)4)16(21)15-8-17-7-14(15)13-6-18-19(5)10-13;/h6,10-12,14-15,17H,7-9H2,1-5H3;1H/t14-,15+;/m1./s1. The van der Waals surface area contributed by atoms with E-state index in [1.165, 1.54) is 0 Å². The quantitative estimate of drug-likeness (QED) is 0.900. The Labute approximate surface area is 139 Å². The van der Waals surface area contributed by atoms with Crippen LogP contribution in [-0.4, -0.2) is 46.3 Å². The van der Waals surface area contributed by atoms with Gasteiger partial charge in [0.1, 0.15) is 0 Å². The predicted octanol–water partition coefficient (Wildman–Crippen LogP) is 2.04. The molecule has 2 heterocycles. The zero-order valence-electron chi connectivity index (χ0n) is 14.2. The van der Waals surface area contributed by atoms with Crippen LogP contribution in [0.2, 0.25) is 0 Å². The van der Waals surface area contributed by atoms with Gasteiger partial charge in [0.05, 0.1) is 12.1 Å². The summed E-state index contributed by atoms with van der Waals surface area (Å²) in [5.74, 6) is 1.02. The molecule has 1 aliphatic heterocycles. The van der Waals surface area contributed by atoms with Crippen molar-refractivity contribution in [2.24, 2.45) is 18.9 Å². The molecule has 2 rings (SSSR count). The van der Waals surface area contributed by atoms with Gasteiger partial charge in [-0.25, -0.2) is 0 Å². The minimum atomic E-state index is 0. The van der Waals surface area contributed by atoms with Gasteiger partial charge in [-0.15, -0.1) is 12.4 Å². The van der Waals surface area contributed by atoms with E-state index in [0.29, 0.717) is 5.92 Å². The van der Waals surface area contributed by atoms with E-state index >= 15 is 0 Å². The van der Waals surface area contributed by atoms with Gasteiger partial charge in [0.2, 0.25) is 5.91 Å². The third kappa shape index (κ3) is 4.23. The van der Waals surface area contributed by atoms with E-state index in [0.717, 1.165) is 25.2 Å². The number of amides is 1. The second-order valence-electron chi connectivity index (χ2n) is 6.80. The number of carbonyl (C=O) groups excluding carboxylic acids is 1. The van der Waals surface area contributed by atoms with Gasteiger partial charge in [-0.3, -0.25) is 9.48 Å². The van der Waals surface area contributed by atoms with Crippen LogP contribution in [-0.2, 0) is 11.8 Å². The van der Waals surface area contributed by atoms with Crippen molar-refractivity contribution < 1.29 is 4.79 Å². The van der Waals surface area contributed by atoms with Gasteiger partial charge in [-0.2, -0.15) is 5.10 Å². The average Bonchev–Trinajstić information content (AvgIpc) is 3.02. The summed E-state index contributed by atoms with van der Waals surface area (Å²) in [6.45, 7) is 11.0. The molecule has 1 N–H and O–H groups in total. The Kier molecular flexibility index (Phi) is 6.88. The van der Waals surface area contributed by atoms with Crippen LogP contribution in [0.25, 0.3) is 0 Å². The maximum atomic E-state index is 13.0. The molecule has 1 amide bonds. The van der Waals surface area contributed by atoms with Crippen LogP contribution in [0.15, 0.2) is 12.4 Å². The van der Waals surface area contributed by atoms with E-state index in [9.17, 15) is 4.79 Å². The molecule has 6 heteroatoms. The van der Waals surface area contributed by atoms with Crippen molar-refractivity contribution in [2.75, 3.05) is 19.6 Å². The summed E-state index contributed by atoms with van der Waals surface area (Å²) >= 11 is 0. The number of hydrogen-bond donors (Lipinski definition) is 1. The molecule has 1 saturated heterocycles. The van der Waals surface area contributed by atoms with Crippen LogP contribution in [0.5, 0.6) is 0 Å². The maximum Gasteiger partial charge on any atom is 0.227 e. The molecule has 126 valence electrons. The Morgan fingerprint density at radius 3 is 2.59 bits per heavy atom. The number of nitrogens with zero attached hydrogens (tertiary/aromatic N) is 3. The molecular formula is C16H29ClN4O. The second-order valence-corrected chi connectivity index (χ2v) is 6.80. The fourth-order valence-electron chi connectivity index (χ4n) is 3.08. The van der Waals surface area contributed by atoms with Crippen LogP contribution in [0.1, 0.15) is 39.2 Å². The van der Waals surface area contributed by atoms with Crippen LogP contribution in [0.4, 0.5) is 0 Å². The highest BCUT2D eigenvalue weighted by Gasteiger charge is 2.37. The van der Waals surface area contributed by atoms with Crippen molar-refractivity contribution in [2.45, 2.75) is 39.7 Å². The monoisotopic (exact) mass is 328 g/mol. The highest BCUT2D eigenvalue weighted by molar-refractivity contribution is 5.85. The van der Waals surface area contributed by atoms with Crippen molar-refractivity contribution >= 4 is 18.3 Å². The topological polar surface area (TPSA) is 50.2 Å². The van der Waals surface area contributed by atoms with Crippen molar-refractivity contribution in [3.63, 3.8) is 0 Å². The van der Waals surface area contributed by atoms with Gasteiger partial charge in [0.15, 0.2) is 0 Å². The molecule has 0 saturated carbocycles. The molecule has 1 aromatic heterocycles. The number of halogens is 1. The molecule has 5 nitrogen and oxygen atoms in total. The normalized spacial score (nSPS) is 21.2. The molecule has 1 aliphatic rings. The van der Waals surface area contributed by atoms with E-state index < -0.39 is 0 Å². The maximum absolute atomic E-state index is 13.0. The van der Waals surface area contributed by atoms with Crippen LogP contribution >= 0.6 is 12.4 Å². The SMILES string of the molecule is CC(C)CN(C(=O)[C@H]1CNC[C@@H]1c1cnn(C)c1)C(C)C.Cl. The van der Waals surface area contributed by atoms with Crippen molar-refractivity contribution in [1.29, 1.82) is 0 Å². The Balaban J connectivity index is 0.00000242. The summed E-state index contributed by atoms with van der Waals surface area (Å²) in [6.07, 6.45) is 3.92. The van der Waals surface area contributed by atoms with Crippen LogP contribution in [0, 0.1) is 11.8 Å². The Morgan fingerprint density at radius 2 is 2.09 bits per heavy atom. The lowest BCUT2D eigenvalue weighted by Crippen LogP contribution is -2.44. The molecule has 1 aromatic rings. The summed E-state index contributed by atoms with van der Waals surface area (Å²) in [6, 6.07) is 0.245. The molecule has 0 aliphatic carbocycles. The predicted molar refractivity (Wildman–Crippen MR) is 91.2 cm³/mol. The zero-order valence-corrected chi connectivity index (χ0v) is 15.1. The summed E-state index contributed by atoms with van der Waals surface area (Å²) in [4.78, 5) is 15.0. The van der Waals surface area contributed by atoms with Gasteiger partial charge >= 0.3 is 0 Å². The van der Waals surface area contributed by atoms with Crippen LogP contribution in [0.3, 0.4) is 0 Å². The molecule has 0 spiro atoms. The number of hydrogen-bond acceptors (Lipinski definition) is 3. The van der Waals surface area contributed by atoms with Crippen molar-refractivity contribution in [1.82, 2.24) is 20.0 Å². The number of aryl methyl sites for hydroxylation is 1. The summed E-state index contributed by atoms with van der Waals surface area (Å²) in [5.41, 5.74) is 1.16. The van der Waals surface area contributed by atoms with Gasteiger partial charge < -0.3 is 10.2 Å². The lowest BCUT2D eigenvalue weighted by molar-refractivity contribution is -0.137. The Hall–Kier alpha value is -1.07. The fraction of sp³-hybridized carbons (Fsp3) is 0.750. The zero-order chi connectivity index (χ0) is 15.6. The Bertz CT molecular complexity index is 486. The summed E-state index contributed by atoms with van der Waals surface area (Å²) in [7, 11) is 1.92. The molecule has 0 bridgehead atoms. The van der Waals surface area contributed by atoms with Crippen molar-refractivity contribution in [3.05, 3.63) is 18.0 Å². The molecule has 1 fully saturated rings. The van der Waals surface area contributed by atoms with Gasteiger partial charge in [0, 0.05) is 44.8 Å². The molecule has 22 heavy (non-hydrogen) atoms. The minimum Gasteiger partial charge on any atom is -0.340 e. The average molecular weight is 329 g/mol. The third-order valence-corrected chi connectivity index (χ3v) is 4.15. The van der Waals surface area contributed by atoms with E-state index in [1.807, 2.05) is 29.0 Å². The largest absolute Gasteiger partial charge is 0.340 e. The van der Waals surface area contributed by atoms with Gasteiger partial charge in [-0.05, 0) is 25.3 Å². The summed E-state index contributed by atoms with van der Waals surface area (Å²) in [5, 5.41) is 7.62. The van der Waals surface area contributed by atoms with E-state index in [-0.39, 0.29) is 36.2 Å². The third-order valence-electron chi connectivity index (χ3n) is 4.15. The molecular weight excluding hydrogens is 300 g/mol. The van der Waals surface area contributed by atoms with Crippen molar-refractivity contribution in [3.8, 4) is 0 Å². The summed E-state index contributed by atoms with van der Waals surface area (Å²) < 4.78 is 1.81. The molecule has 0 aromatic carbocycles. The highest BCUT2D eigenvalue weighted by atomic mass is 35.5. The number of rotatable bonds is 5. The second kappa shape index (κ2) is 7.97. The molecule has 0 unspecified atom stereocenters.